The summed E-state index contributed by atoms with van der Waals surface area (Å²) in [6.45, 7) is 1.70. The highest BCUT2D eigenvalue weighted by atomic mass is 35.5. The summed E-state index contributed by atoms with van der Waals surface area (Å²) in [5.41, 5.74) is -0.726. The van der Waals surface area contributed by atoms with Crippen LogP contribution in [0.3, 0.4) is 0 Å². The lowest BCUT2D eigenvalue weighted by molar-refractivity contribution is -0.385. The Hall–Kier alpha value is -2.08. The monoisotopic (exact) mass is 321 g/mol. The number of hydrogen-bond donors (Lipinski definition) is 0. The number of Topliss-reactive ketones (excluding diaryl/α,β-unsaturated/α-hetero) is 3. The van der Waals surface area contributed by atoms with Gasteiger partial charge in [-0.1, -0.05) is 18.5 Å². The van der Waals surface area contributed by atoms with E-state index in [2.05, 4.69) is 0 Å². The lowest BCUT2D eigenvalue weighted by atomic mass is 9.76. The largest absolute Gasteiger partial charge is 0.298 e. The Balaban J connectivity index is 2.02. The fraction of sp³-hybridized carbons (Fsp3) is 0.400. The van der Waals surface area contributed by atoms with Gasteiger partial charge < -0.3 is 0 Å². The third-order valence-corrected chi connectivity index (χ3v) is 4.78. The number of carbonyl (C=O) groups is 3. The molecule has 4 atom stereocenters. The van der Waals surface area contributed by atoms with Crippen molar-refractivity contribution in [2.45, 2.75) is 13.3 Å². The normalized spacial score (nSPS) is 29.9. The third-order valence-electron chi connectivity index (χ3n) is 4.55. The molecule has 0 bridgehead atoms. The number of benzene rings is 1. The van der Waals surface area contributed by atoms with Crippen molar-refractivity contribution >= 4 is 34.6 Å². The minimum Gasteiger partial charge on any atom is -0.298 e. The summed E-state index contributed by atoms with van der Waals surface area (Å²) < 4.78 is 0. The molecule has 2 aliphatic rings. The summed E-state index contributed by atoms with van der Waals surface area (Å²) in [5, 5.41) is 11.2. The molecule has 2 fully saturated rings. The minimum atomic E-state index is -1.42. The van der Waals surface area contributed by atoms with Gasteiger partial charge in [-0.15, -0.1) is 0 Å². The Morgan fingerprint density at radius 2 is 2.00 bits per heavy atom. The number of halogens is 1. The van der Waals surface area contributed by atoms with Crippen molar-refractivity contribution in [3.8, 4) is 0 Å². The number of nitrogens with zero attached hydrogens (tertiary/aromatic N) is 1. The van der Waals surface area contributed by atoms with E-state index in [4.69, 9.17) is 11.6 Å². The average Bonchev–Trinajstić information content (AvgIpc) is 3.25. The zero-order valence-electron chi connectivity index (χ0n) is 11.6. The number of rotatable bonds is 3. The van der Waals surface area contributed by atoms with Gasteiger partial charge in [-0.25, -0.2) is 0 Å². The van der Waals surface area contributed by atoms with Crippen LogP contribution in [-0.2, 0) is 9.59 Å². The van der Waals surface area contributed by atoms with Gasteiger partial charge in [-0.05, 0) is 24.5 Å². The molecular weight excluding hydrogens is 310 g/mol. The van der Waals surface area contributed by atoms with Crippen molar-refractivity contribution in [3.63, 3.8) is 0 Å². The van der Waals surface area contributed by atoms with Crippen LogP contribution in [0.15, 0.2) is 18.2 Å². The molecule has 0 N–H and O–H groups in total. The standard InChI is InChI=1S/C15H12ClNO5/c1-6-9-5-10(9)15(20)12(13(6)18)14(19)8-3-2-7(16)4-11(8)17(21)22/h2-4,6,9-10,12H,5H2,1H3/t6?,9-,10-,12?/m1/s1. The summed E-state index contributed by atoms with van der Waals surface area (Å²) in [4.78, 5) is 47.5. The molecule has 3 rings (SSSR count). The zero-order valence-corrected chi connectivity index (χ0v) is 12.4. The highest BCUT2D eigenvalue weighted by Gasteiger charge is 2.58. The quantitative estimate of drug-likeness (QED) is 0.369. The molecule has 0 radical (unpaired) electrons. The van der Waals surface area contributed by atoms with Gasteiger partial charge in [0.2, 0.25) is 0 Å². The van der Waals surface area contributed by atoms with E-state index >= 15 is 0 Å². The van der Waals surface area contributed by atoms with Crippen LogP contribution in [0.25, 0.3) is 0 Å². The first kappa shape index (κ1) is 14.8. The predicted octanol–water partition coefficient (Wildman–Crippen LogP) is 2.47. The lowest BCUT2D eigenvalue weighted by Crippen LogP contribution is -2.41. The van der Waals surface area contributed by atoms with Crippen LogP contribution in [0.4, 0.5) is 5.69 Å². The molecule has 114 valence electrons. The van der Waals surface area contributed by atoms with Gasteiger partial charge >= 0.3 is 0 Å². The van der Waals surface area contributed by atoms with Gasteiger partial charge in [0, 0.05) is 22.9 Å². The van der Waals surface area contributed by atoms with Crippen LogP contribution in [0.5, 0.6) is 0 Å². The smallest absolute Gasteiger partial charge is 0.281 e. The van der Waals surface area contributed by atoms with Crippen LogP contribution in [0.1, 0.15) is 23.7 Å². The lowest BCUT2D eigenvalue weighted by Gasteiger charge is -2.22. The average molecular weight is 322 g/mol. The van der Waals surface area contributed by atoms with Crippen LogP contribution in [0.2, 0.25) is 5.02 Å². The molecular formula is C15H12ClNO5. The van der Waals surface area contributed by atoms with Gasteiger partial charge in [0.25, 0.3) is 5.69 Å². The zero-order chi connectivity index (χ0) is 16.2. The topological polar surface area (TPSA) is 94.3 Å². The fourth-order valence-corrected chi connectivity index (χ4v) is 3.37. The Morgan fingerprint density at radius 1 is 1.32 bits per heavy atom. The van der Waals surface area contributed by atoms with Gasteiger partial charge in [0.05, 0.1) is 10.5 Å². The van der Waals surface area contributed by atoms with E-state index in [0.717, 1.165) is 6.07 Å². The van der Waals surface area contributed by atoms with Gasteiger partial charge in [0.1, 0.15) is 5.92 Å². The Kier molecular flexibility index (Phi) is 3.36. The number of nitro groups is 1. The van der Waals surface area contributed by atoms with Gasteiger partial charge in [0.15, 0.2) is 17.3 Å². The summed E-state index contributed by atoms with van der Waals surface area (Å²) >= 11 is 5.71. The first-order chi connectivity index (χ1) is 10.3. The molecule has 0 saturated heterocycles. The number of carbonyl (C=O) groups excluding carboxylic acids is 3. The molecule has 0 spiro atoms. The van der Waals surface area contributed by atoms with Gasteiger partial charge in [-0.3, -0.25) is 24.5 Å². The van der Waals surface area contributed by atoms with Crippen LogP contribution in [0, 0.1) is 33.8 Å². The highest BCUT2D eigenvalue weighted by Crippen LogP contribution is 2.51. The van der Waals surface area contributed by atoms with Crippen molar-refractivity contribution in [1.29, 1.82) is 0 Å². The summed E-state index contributed by atoms with van der Waals surface area (Å²) in [5.74, 6) is -3.63. The van der Waals surface area contributed by atoms with Crippen molar-refractivity contribution in [2.24, 2.45) is 23.7 Å². The maximum atomic E-state index is 12.6. The molecule has 0 aromatic heterocycles. The molecule has 6 nitrogen and oxygen atoms in total. The van der Waals surface area contributed by atoms with Crippen LogP contribution >= 0.6 is 11.6 Å². The summed E-state index contributed by atoms with van der Waals surface area (Å²) in [7, 11) is 0. The van der Waals surface area contributed by atoms with E-state index in [1.807, 2.05) is 0 Å². The van der Waals surface area contributed by atoms with Crippen molar-refractivity contribution < 1.29 is 19.3 Å². The Bertz CT molecular complexity index is 729. The second-order valence-corrected chi connectivity index (χ2v) is 6.25. The summed E-state index contributed by atoms with van der Waals surface area (Å²) in [6, 6.07) is 3.59. The molecule has 0 amide bonds. The fourth-order valence-electron chi connectivity index (χ4n) is 3.20. The number of nitro benzene ring substituents is 1. The molecule has 7 heteroatoms. The molecule has 22 heavy (non-hydrogen) atoms. The van der Waals surface area contributed by atoms with Crippen molar-refractivity contribution in [1.82, 2.24) is 0 Å². The van der Waals surface area contributed by atoms with E-state index in [1.165, 1.54) is 12.1 Å². The molecule has 1 aromatic carbocycles. The number of ketones is 3. The maximum absolute atomic E-state index is 12.6. The van der Waals surface area contributed by atoms with Crippen LogP contribution < -0.4 is 0 Å². The molecule has 2 saturated carbocycles. The first-order valence-electron chi connectivity index (χ1n) is 6.88. The number of fused-ring (bicyclic) bond motifs is 1. The van der Waals surface area contributed by atoms with E-state index in [-0.39, 0.29) is 28.3 Å². The summed E-state index contributed by atoms with van der Waals surface area (Å²) in [6.07, 6.45) is 0.623. The van der Waals surface area contributed by atoms with E-state index in [9.17, 15) is 24.5 Å². The molecule has 0 aliphatic heterocycles. The second-order valence-electron chi connectivity index (χ2n) is 5.82. The Morgan fingerprint density at radius 3 is 2.64 bits per heavy atom. The van der Waals surface area contributed by atoms with E-state index in [0.29, 0.717) is 6.42 Å². The SMILES string of the molecule is CC1C(=O)C(C(=O)c2ccc(Cl)cc2[N+](=O)[O-])C(=O)[C@@H]2C[C@H]12. The first-order valence-corrected chi connectivity index (χ1v) is 7.26. The van der Waals surface area contributed by atoms with Crippen molar-refractivity contribution in [3.05, 3.63) is 38.9 Å². The third kappa shape index (κ3) is 2.14. The Labute approximate surface area is 130 Å². The molecule has 1 aromatic rings. The predicted molar refractivity (Wildman–Crippen MR) is 76.7 cm³/mol. The second kappa shape index (κ2) is 4.98. The van der Waals surface area contributed by atoms with Gasteiger partial charge in [-0.2, -0.15) is 0 Å². The number of hydrogen-bond acceptors (Lipinski definition) is 5. The minimum absolute atomic E-state index is 0.0317. The van der Waals surface area contributed by atoms with Crippen LogP contribution in [-0.4, -0.2) is 22.3 Å². The van der Waals surface area contributed by atoms with E-state index < -0.39 is 33.9 Å². The highest BCUT2D eigenvalue weighted by molar-refractivity contribution is 6.31. The molecule has 2 aliphatic carbocycles. The maximum Gasteiger partial charge on any atom is 0.281 e. The molecule has 2 unspecified atom stereocenters. The van der Waals surface area contributed by atoms with Crippen molar-refractivity contribution in [2.75, 3.05) is 0 Å². The molecule has 0 heterocycles. The van der Waals surface area contributed by atoms with E-state index in [1.54, 1.807) is 6.92 Å².